The number of hydrogen-bond acceptors (Lipinski definition) is 2. The summed E-state index contributed by atoms with van der Waals surface area (Å²) in [5.74, 6) is 1.06. The molecular weight excluding hydrogens is 294 g/mol. The molecule has 1 aromatic carbocycles. The van der Waals surface area contributed by atoms with Crippen LogP contribution in [0, 0.1) is 0 Å². The molecule has 0 bridgehead atoms. The minimum absolute atomic E-state index is 0.182. The van der Waals surface area contributed by atoms with Crippen LogP contribution in [0.2, 0.25) is 0 Å². The predicted octanol–water partition coefficient (Wildman–Crippen LogP) is 3.23. The highest BCUT2D eigenvalue weighted by atomic mass is 79.9. The van der Waals surface area contributed by atoms with E-state index in [9.17, 15) is 4.79 Å². The molecule has 1 aliphatic rings. The summed E-state index contributed by atoms with van der Waals surface area (Å²) < 4.78 is 6.74. The fourth-order valence-electron chi connectivity index (χ4n) is 2.39. The van der Waals surface area contributed by atoms with Gasteiger partial charge in [0.25, 0.3) is 0 Å². The fraction of sp³-hybridized carbons (Fsp3) is 0.500. The third kappa shape index (κ3) is 3.48. The Morgan fingerprint density at radius 1 is 1.44 bits per heavy atom. The van der Waals surface area contributed by atoms with Crippen LogP contribution in [0.25, 0.3) is 0 Å². The predicted molar refractivity (Wildman–Crippen MR) is 74.7 cm³/mol. The monoisotopic (exact) mass is 311 g/mol. The molecule has 0 aliphatic carbocycles. The highest BCUT2D eigenvalue weighted by Crippen LogP contribution is 2.21. The van der Waals surface area contributed by atoms with Crippen LogP contribution in [0.3, 0.4) is 0 Å². The van der Waals surface area contributed by atoms with Crippen LogP contribution in [0.1, 0.15) is 26.2 Å². The maximum absolute atomic E-state index is 11.4. The Hall–Kier alpha value is -1.03. The first-order valence-corrected chi connectivity index (χ1v) is 7.11. The second kappa shape index (κ2) is 6.23. The van der Waals surface area contributed by atoms with Crippen molar-refractivity contribution in [3.05, 3.63) is 28.7 Å². The normalized spacial score (nSPS) is 19.0. The molecule has 1 heterocycles. The van der Waals surface area contributed by atoms with Crippen LogP contribution in [0.4, 0.5) is 0 Å². The number of carbonyl (C=O) groups excluding carboxylic acids is 1. The van der Waals surface area contributed by atoms with E-state index in [4.69, 9.17) is 4.74 Å². The van der Waals surface area contributed by atoms with Crippen molar-refractivity contribution >= 4 is 21.8 Å². The summed E-state index contributed by atoms with van der Waals surface area (Å²) in [5.41, 5.74) is 0. The number of nitrogens with zero attached hydrogens (tertiary/aromatic N) is 1. The number of amides is 1. The van der Waals surface area contributed by atoms with Gasteiger partial charge in [-0.25, -0.2) is 0 Å². The Morgan fingerprint density at radius 3 is 2.83 bits per heavy atom. The van der Waals surface area contributed by atoms with Crippen molar-refractivity contribution in [3.63, 3.8) is 0 Å². The molecule has 1 atom stereocenters. The number of carbonyl (C=O) groups is 1. The molecule has 0 spiro atoms. The Morgan fingerprint density at radius 2 is 2.17 bits per heavy atom. The van der Waals surface area contributed by atoms with Crippen molar-refractivity contribution in [3.8, 4) is 5.75 Å². The molecule has 1 fully saturated rings. The van der Waals surface area contributed by atoms with Gasteiger partial charge in [-0.1, -0.05) is 15.9 Å². The minimum Gasteiger partial charge on any atom is -0.494 e. The molecule has 4 heteroatoms. The molecule has 0 aromatic heterocycles. The highest BCUT2D eigenvalue weighted by Gasteiger charge is 2.25. The lowest BCUT2D eigenvalue weighted by molar-refractivity contribution is -0.129. The molecule has 0 N–H and O–H groups in total. The van der Waals surface area contributed by atoms with Crippen molar-refractivity contribution in [1.82, 2.24) is 4.90 Å². The second-order valence-corrected chi connectivity index (χ2v) is 5.52. The van der Waals surface area contributed by atoms with Gasteiger partial charge < -0.3 is 9.64 Å². The maximum Gasteiger partial charge on any atom is 0.219 e. The van der Waals surface area contributed by atoms with Crippen LogP contribution in [0.15, 0.2) is 28.7 Å². The summed E-state index contributed by atoms with van der Waals surface area (Å²) in [6.45, 7) is 3.21. The number of hydrogen-bond donors (Lipinski definition) is 0. The molecule has 0 saturated carbocycles. The zero-order valence-corrected chi connectivity index (χ0v) is 12.1. The van der Waals surface area contributed by atoms with Crippen LogP contribution in [-0.2, 0) is 4.79 Å². The summed E-state index contributed by atoms with van der Waals surface area (Å²) in [4.78, 5) is 13.4. The topological polar surface area (TPSA) is 29.5 Å². The van der Waals surface area contributed by atoms with E-state index in [1.165, 1.54) is 0 Å². The zero-order valence-electron chi connectivity index (χ0n) is 10.6. The largest absolute Gasteiger partial charge is 0.494 e. The number of benzene rings is 1. The van der Waals surface area contributed by atoms with Gasteiger partial charge in [0, 0.05) is 30.4 Å². The second-order valence-electron chi connectivity index (χ2n) is 4.60. The SMILES string of the molecule is CC(=O)N1CCCC1CCOc1ccc(Br)cc1. The average Bonchev–Trinajstić information content (AvgIpc) is 2.80. The number of rotatable bonds is 4. The van der Waals surface area contributed by atoms with E-state index in [0.717, 1.165) is 36.0 Å². The Kier molecular flexibility index (Phi) is 4.64. The van der Waals surface area contributed by atoms with Gasteiger partial charge in [0.2, 0.25) is 5.91 Å². The molecule has 3 nitrogen and oxygen atoms in total. The van der Waals surface area contributed by atoms with Gasteiger partial charge >= 0.3 is 0 Å². The summed E-state index contributed by atoms with van der Waals surface area (Å²) >= 11 is 3.39. The Balaban J connectivity index is 1.78. The van der Waals surface area contributed by atoms with Crippen LogP contribution in [-0.4, -0.2) is 30.0 Å². The van der Waals surface area contributed by atoms with Gasteiger partial charge in [0.15, 0.2) is 0 Å². The minimum atomic E-state index is 0.182. The number of halogens is 1. The molecule has 18 heavy (non-hydrogen) atoms. The van der Waals surface area contributed by atoms with Crippen molar-refractivity contribution in [2.45, 2.75) is 32.2 Å². The lowest BCUT2D eigenvalue weighted by atomic mass is 10.1. The molecule has 0 radical (unpaired) electrons. The number of ether oxygens (including phenoxy) is 1. The van der Waals surface area contributed by atoms with E-state index in [-0.39, 0.29) is 5.91 Å². The van der Waals surface area contributed by atoms with Crippen LogP contribution in [0.5, 0.6) is 5.75 Å². The lowest BCUT2D eigenvalue weighted by Gasteiger charge is -2.23. The average molecular weight is 312 g/mol. The molecule has 98 valence electrons. The highest BCUT2D eigenvalue weighted by molar-refractivity contribution is 9.10. The van der Waals surface area contributed by atoms with E-state index < -0.39 is 0 Å². The third-order valence-corrected chi connectivity index (χ3v) is 3.84. The fourth-order valence-corrected chi connectivity index (χ4v) is 2.66. The van der Waals surface area contributed by atoms with Crippen LogP contribution < -0.4 is 4.74 Å². The number of likely N-dealkylation sites (tertiary alicyclic amines) is 1. The van der Waals surface area contributed by atoms with E-state index in [1.807, 2.05) is 29.2 Å². The summed E-state index contributed by atoms with van der Waals surface area (Å²) in [5, 5.41) is 0. The Labute approximate surface area is 116 Å². The first kappa shape index (κ1) is 13.4. The molecule has 1 amide bonds. The summed E-state index contributed by atoms with van der Waals surface area (Å²) in [6.07, 6.45) is 3.13. The standard InChI is InChI=1S/C14H18BrNO2/c1-11(17)16-9-2-3-13(16)8-10-18-14-6-4-12(15)5-7-14/h4-7,13H,2-3,8-10H2,1H3. The Bertz CT molecular complexity index is 405. The van der Waals surface area contributed by atoms with E-state index in [1.54, 1.807) is 6.92 Å². The molecule has 1 aromatic rings. The van der Waals surface area contributed by atoms with Crippen molar-refractivity contribution in [2.75, 3.05) is 13.2 Å². The summed E-state index contributed by atoms with van der Waals surface area (Å²) in [6, 6.07) is 8.18. The van der Waals surface area contributed by atoms with Crippen LogP contribution >= 0.6 is 15.9 Å². The van der Waals surface area contributed by atoms with Crippen molar-refractivity contribution in [2.24, 2.45) is 0 Å². The van der Waals surface area contributed by atoms with Gasteiger partial charge in [-0.2, -0.15) is 0 Å². The zero-order chi connectivity index (χ0) is 13.0. The quantitative estimate of drug-likeness (QED) is 0.854. The smallest absolute Gasteiger partial charge is 0.219 e. The van der Waals surface area contributed by atoms with Crippen molar-refractivity contribution < 1.29 is 9.53 Å². The summed E-state index contributed by atoms with van der Waals surface area (Å²) in [7, 11) is 0. The van der Waals surface area contributed by atoms with Crippen molar-refractivity contribution in [1.29, 1.82) is 0 Å². The first-order chi connectivity index (χ1) is 8.66. The van der Waals surface area contributed by atoms with E-state index in [0.29, 0.717) is 12.6 Å². The lowest BCUT2D eigenvalue weighted by Crippen LogP contribution is -2.34. The van der Waals surface area contributed by atoms with Gasteiger partial charge in [0.1, 0.15) is 5.75 Å². The maximum atomic E-state index is 11.4. The van der Waals surface area contributed by atoms with Gasteiger partial charge in [-0.15, -0.1) is 0 Å². The molecular formula is C14H18BrNO2. The van der Waals surface area contributed by atoms with Gasteiger partial charge in [-0.05, 0) is 37.1 Å². The third-order valence-electron chi connectivity index (χ3n) is 3.32. The first-order valence-electron chi connectivity index (χ1n) is 6.32. The van der Waals surface area contributed by atoms with Gasteiger partial charge in [0.05, 0.1) is 6.61 Å². The molecule has 1 aliphatic heterocycles. The van der Waals surface area contributed by atoms with Gasteiger partial charge in [-0.3, -0.25) is 4.79 Å². The van der Waals surface area contributed by atoms with E-state index in [2.05, 4.69) is 15.9 Å². The van der Waals surface area contributed by atoms with E-state index >= 15 is 0 Å². The molecule has 2 rings (SSSR count). The molecule has 1 unspecified atom stereocenters. The molecule has 1 saturated heterocycles.